The Bertz CT molecular complexity index is 738. The van der Waals surface area contributed by atoms with Crippen LogP contribution in [0.1, 0.15) is 38.2 Å². The number of amides is 4. The normalized spacial score (nSPS) is 25.2. The first-order valence-corrected chi connectivity index (χ1v) is 9.47. The van der Waals surface area contributed by atoms with Crippen LogP contribution in [0.3, 0.4) is 0 Å². The first-order chi connectivity index (χ1) is 12.8. The number of carbonyl (C=O) groups is 3. The van der Waals surface area contributed by atoms with Crippen molar-refractivity contribution in [1.82, 2.24) is 15.1 Å². The predicted molar refractivity (Wildman–Crippen MR) is 103 cm³/mol. The molecular weight excluding hydrogens is 344 g/mol. The molecule has 1 saturated heterocycles. The molecule has 1 aliphatic carbocycles. The summed E-state index contributed by atoms with van der Waals surface area (Å²) in [6.07, 6.45) is 3.10. The Morgan fingerprint density at radius 3 is 2.67 bits per heavy atom. The summed E-state index contributed by atoms with van der Waals surface area (Å²) in [5.41, 5.74) is 0.922. The summed E-state index contributed by atoms with van der Waals surface area (Å²) < 4.78 is 0. The van der Waals surface area contributed by atoms with Crippen molar-refractivity contribution in [3.63, 3.8) is 0 Å². The Hall–Kier alpha value is -2.41. The smallest absolute Gasteiger partial charge is 0.325 e. The highest BCUT2D eigenvalue weighted by Gasteiger charge is 2.52. The van der Waals surface area contributed by atoms with E-state index >= 15 is 0 Å². The average molecular weight is 372 g/mol. The fourth-order valence-corrected chi connectivity index (χ4v) is 3.87. The van der Waals surface area contributed by atoms with E-state index in [4.69, 9.17) is 0 Å². The molecule has 1 aromatic carbocycles. The highest BCUT2D eigenvalue weighted by molar-refractivity contribution is 6.10. The summed E-state index contributed by atoms with van der Waals surface area (Å²) in [4.78, 5) is 40.6. The molecule has 1 aromatic rings. The molecule has 1 heterocycles. The fraction of sp³-hybridized carbons (Fsp3) is 0.550. The monoisotopic (exact) mass is 372 g/mol. The van der Waals surface area contributed by atoms with Gasteiger partial charge in [0.2, 0.25) is 5.91 Å². The third kappa shape index (κ3) is 4.30. The van der Waals surface area contributed by atoms with Crippen molar-refractivity contribution in [3.8, 4) is 0 Å². The lowest BCUT2D eigenvalue weighted by Gasteiger charge is -2.33. The molecule has 1 saturated carbocycles. The summed E-state index contributed by atoms with van der Waals surface area (Å²) in [7, 11) is 3.95. The Kier molecular flexibility index (Phi) is 5.51. The highest BCUT2D eigenvalue weighted by Crippen LogP contribution is 2.36. The van der Waals surface area contributed by atoms with Gasteiger partial charge < -0.3 is 15.5 Å². The Morgan fingerprint density at radius 2 is 2.00 bits per heavy atom. The summed E-state index contributed by atoms with van der Waals surface area (Å²) in [5, 5.41) is 5.63. The maximum absolute atomic E-state index is 12.8. The number of urea groups is 1. The van der Waals surface area contributed by atoms with E-state index in [1.165, 1.54) is 0 Å². The van der Waals surface area contributed by atoms with Crippen LogP contribution in [0.25, 0.3) is 0 Å². The number of carbonyl (C=O) groups excluding carboxylic acids is 3. The molecule has 4 amide bonds. The quantitative estimate of drug-likeness (QED) is 0.777. The van der Waals surface area contributed by atoms with Crippen molar-refractivity contribution >= 4 is 23.5 Å². The third-order valence-corrected chi connectivity index (χ3v) is 5.38. The van der Waals surface area contributed by atoms with Gasteiger partial charge in [-0.05, 0) is 63.4 Å². The molecule has 0 atom stereocenters. The van der Waals surface area contributed by atoms with Gasteiger partial charge in [-0.1, -0.05) is 19.1 Å². The van der Waals surface area contributed by atoms with Gasteiger partial charge in [0.05, 0.1) is 0 Å². The zero-order valence-electron chi connectivity index (χ0n) is 16.2. The van der Waals surface area contributed by atoms with Crippen LogP contribution in [0.5, 0.6) is 0 Å². The van der Waals surface area contributed by atoms with E-state index in [9.17, 15) is 14.4 Å². The van der Waals surface area contributed by atoms with Crippen LogP contribution in [0.2, 0.25) is 0 Å². The van der Waals surface area contributed by atoms with Crippen LogP contribution < -0.4 is 10.6 Å². The second kappa shape index (κ2) is 7.68. The topological polar surface area (TPSA) is 81.8 Å². The van der Waals surface area contributed by atoms with Crippen LogP contribution in [0.4, 0.5) is 10.5 Å². The van der Waals surface area contributed by atoms with Crippen molar-refractivity contribution in [1.29, 1.82) is 0 Å². The van der Waals surface area contributed by atoms with Crippen LogP contribution in [0, 0.1) is 5.92 Å². The average Bonchev–Trinajstić information content (AvgIpc) is 2.82. The first kappa shape index (κ1) is 19.4. The van der Waals surface area contributed by atoms with Gasteiger partial charge in [-0.3, -0.25) is 14.5 Å². The molecule has 0 radical (unpaired) electrons. The van der Waals surface area contributed by atoms with Crippen molar-refractivity contribution in [2.24, 2.45) is 5.92 Å². The fourth-order valence-electron chi connectivity index (χ4n) is 3.87. The zero-order valence-corrected chi connectivity index (χ0v) is 16.2. The van der Waals surface area contributed by atoms with E-state index in [0.29, 0.717) is 24.4 Å². The van der Waals surface area contributed by atoms with Crippen LogP contribution in [0.15, 0.2) is 24.3 Å². The lowest BCUT2D eigenvalue weighted by Crippen LogP contribution is -2.49. The number of nitrogens with zero attached hydrogens (tertiary/aromatic N) is 2. The first-order valence-electron chi connectivity index (χ1n) is 9.47. The second-order valence-electron chi connectivity index (χ2n) is 8.07. The van der Waals surface area contributed by atoms with Gasteiger partial charge in [-0.25, -0.2) is 4.79 Å². The minimum atomic E-state index is -0.810. The Balaban J connectivity index is 1.62. The third-order valence-electron chi connectivity index (χ3n) is 5.38. The van der Waals surface area contributed by atoms with Gasteiger partial charge in [0, 0.05) is 12.2 Å². The van der Waals surface area contributed by atoms with E-state index in [1.54, 1.807) is 6.07 Å². The van der Waals surface area contributed by atoms with Crippen LogP contribution in [-0.2, 0) is 16.1 Å². The molecule has 3 rings (SSSR count). The van der Waals surface area contributed by atoms with Gasteiger partial charge in [0.25, 0.3) is 5.91 Å². The minimum absolute atomic E-state index is 0.264. The molecule has 0 aromatic heterocycles. The maximum atomic E-state index is 12.8. The zero-order chi connectivity index (χ0) is 19.6. The maximum Gasteiger partial charge on any atom is 0.325 e. The van der Waals surface area contributed by atoms with Crippen molar-refractivity contribution in [3.05, 3.63) is 29.8 Å². The Morgan fingerprint density at radius 1 is 1.30 bits per heavy atom. The van der Waals surface area contributed by atoms with Gasteiger partial charge in [-0.2, -0.15) is 0 Å². The number of hydrogen-bond donors (Lipinski definition) is 2. The molecular formula is C20H28N4O3. The summed E-state index contributed by atoms with van der Waals surface area (Å²) in [6, 6.07) is 7.09. The van der Waals surface area contributed by atoms with Gasteiger partial charge in [0.1, 0.15) is 12.1 Å². The van der Waals surface area contributed by atoms with Gasteiger partial charge in [0.15, 0.2) is 0 Å². The largest absolute Gasteiger partial charge is 0.325 e. The van der Waals surface area contributed by atoms with Gasteiger partial charge >= 0.3 is 6.03 Å². The number of hydrogen-bond acceptors (Lipinski definition) is 4. The van der Waals surface area contributed by atoms with E-state index in [0.717, 1.165) is 29.8 Å². The predicted octanol–water partition coefficient (Wildman–Crippen LogP) is 2.19. The van der Waals surface area contributed by atoms with Gasteiger partial charge in [-0.15, -0.1) is 0 Å². The number of imide groups is 1. The van der Waals surface area contributed by atoms with E-state index in [-0.39, 0.29) is 18.4 Å². The summed E-state index contributed by atoms with van der Waals surface area (Å²) in [6.45, 7) is 2.65. The van der Waals surface area contributed by atoms with E-state index in [2.05, 4.69) is 17.6 Å². The molecule has 2 fully saturated rings. The molecule has 2 aliphatic rings. The van der Waals surface area contributed by atoms with E-state index < -0.39 is 11.6 Å². The van der Waals surface area contributed by atoms with Crippen molar-refractivity contribution < 1.29 is 14.4 Å². The number of rotatable bonds is 5. The molecule has 0 bridgehead atoms. The lowest BCUT2D eigenvalue weighted by atomic mass is 9.77. The van der Waals surface area contributed by atoms with Crippen LogP contribution >= 0.6 is 0 Å². The molecule has 1 spiro atoms. The highest BCUT2D eigenvalue weighted by atomic mass is 16.2. The second-order valence-corrected chi connectivity index (χ2v) is 8.07. The SMILES string of the molecule is CC1CCC2(CC1)NC(=O)N(CC(=O)Nc1cccc(CN(C)C)c1)C2=O. The molecule has 146 valence electrons. The molecule has 7 nitrogen and oxygen atoms in total. The molecule has 1 aliphatic heterocycles. The minimum Gasteiger partial charge on any atom is -0.325 e. The van der Waals surface area contributed by atoms with E-state index in [1.807, 2.05) is 37.2 Å². The molecule has 0 unspecified atom stereocenters. The number of anilines is 1. The number of benzene rings is 1. The number of nitrogens with one attached hydrogen (secondary N) is 2. The van der Waals surface area contributed by atoms with Crippen molar-refractivity contribution in [2.75, 3.05) is 26.0 Å². The van der Waals surface area contributed by atoms with Crippen molar-refractivity contribution in [2.45, 2.75) is 44.7 Å². The molecule has 27 heavy (non-hydrogen) atoms. The molecule has 7 heteroatoms. The lowest BCUT2D eigenvalue weighted by molar-refractivity contribution is -0.135. The molecule has 2 N–H and O–H groups in total. The summed E-state index contributed by atoms with van der Waals surface area (Å²) in [5.74, 6) is -0.0789. The summed E-state index contributed by atoms with van der Waals surface area (Å²) >= 11 is 0. The standard InChI is InChI=1S/C20H28N4O3/c1-14-7-9-20(10-8-14)18(26)24(19(27)22-20)13-17(25)21-16-6-4-5-15(11-16)12-23(2)3/h4-6,11,14H,7-10,12-13H2,1-3H3,(H,21,25)(H,22,27). The Labute approximate surface area is 160 Å². The van der Waals surface area contributed by atoms with Crippen LogP contribution in [-0.4, -0.2) is 53.8 Å².